The molecule has 1 aliphatic heterocycles. The number of fused-ring (bicyclic) bond motifs is 2. The second kappa shape index (κ2) is 14.1. The van der Waals surface area contributed by atoms with E-state index in [1.807, 2.05) is 6.08 Å². The summed E-state index contributed by atoms with van der Waals surface area (Å²) in [7, 11) is -1.17. The summed E-state index contributed by atoms with van der Waals surface area (Å²) in [5.74, 6) is -1.39. The molecule has 2 aliphatic carbocycles. The van der Waals surface area contributed by atoms with Crippen LogP contribution in [0, 0.1) is 12.8 Å². The molecule has 3 aromatic rings. The van der Waals surface area contributed by atoms with Gasteiger partial charge in [0.05, 0.1) is 35.4 Å². The topological polar surface area (TPSA) is 183 Å². The van der Waals surface area contributed by atoms with E-state index in [1.54, 1.807) is 32.1 Å². The first-order chi connectivity index (χ1) is 25.0. The number of nitrogens with one attached hydrogen (secondary N) is 3. The van der Waals surface area contributed by atoms with Gasteiger partial charge in [0, 0.05) is 42.6 Å². The first-order valence-electron chi connectivity index (χ1n) is 17.1. The minimum atomic E-state index is -4.69. The van der Waals surface area contributed by atoms with Gasteiger partial charge in [-0.05, 0) is 70.6 Å². The molecular formula is C35H40F3N7O7S. The summed E-state index contributed by atoms with van der Waals surface area (Å²) in [5.41, 5.74) is -1.48. The molecule has 2 saturated carbocycles. The van der Waals surface area contributed by atoms with Crippen molar-refractivity contribution < 1.29 is 45.4 Å². The molecule has 3 atom stereocenters. The molecule has 0 spiro atoms. The van der Waals surface area contributed by atoms with Gasteiger partial charge in [0.1, 0.15) is 23.1 Å². The van der Waals surface area contributed by atoms with E-state index in [1.165, 1.54) is 26.4 Å². The quantitative estimate of drug-likeness (QED) is 0.265. The van der Waals surface area contributed by atoms with Gasteiger partial charge in [0.2, 0.25) is 15.9 Å². The van der Waals surface area contributed by atoms with E-state index in [9.17, 15) is 36.0 Å². The Morgan fingerprint density at radius 3 is 2.58 bits per heavy atom. The molecule has 6 rings (SSSR count). The molecule has 2 aromatic heterocycles. The Morgan fingerprint density at radius 1 is 1.15 bits per heavy atom. The number of benzene rings is 1. The lowest BCUT2D eigenvalue weighted by Gasteiger charge is -2.24. The van der Waals surface area contributed by atoms with Crippen LogP contribution < -0.4 is 24.8 Å². The number of hydrogen-bond acceptors (Lipinski definition) is 9. The molecule has 0 saturated heterocycles. The summed E-state index contributed by atoms with van der Waals surface area (Å²) in [4.78, 5) is 48.8. The van der Waals surface area contributed by atoms with Gasteiger partial charge < -0.3 is 20.1 Å². The lowest BCUT2D eigenvalue weighted by atomic mass is 10.1. The second-order valence-electron chi connectivity index (χ2n) is 13.8. The highest BCUT2D eigenvalue weighted by Gasteiger charge is 2.62. The summed E-state index contributed by atoms with van der Waals surface area (Å²) < 4.78 is 80.3. The monoisotopic (exact) mass is 759 g/mol. The number of nitrogens with zero attached hydrogens (tertiary/aromatic N) is 4. The van der Waals surface area contributed by atoms with E-state index < -0.39 is 62.0 Å². The molecule has 53 heavy (non-hydrogen) atoms. The number of amides is 4. The zero-order valence-corrected chi connectivity index (χ0v) is 30.4. The molecule has 0 unspecified atom stereocenters. The Labute approximate surface area is 303 Å². The smallest absolute Gasteiger partial charge is 0.435 e. The van der Waals surface area contributed by atoms with Gasteiger partial charge in [0.15, 0.2) is 5.69 Å². The molecule has 284 valence electrons. The number of hydrogen-bond donors (Lipinski definition) is 3. The average Bonchev–Trinajstić information content (AvgIpc) is 3.97. The SMILES string of the molecule is COc1ccc2c(OCC[C@@H]3NC(=O)/N=C/CCC/C=C\[C@@H]4C[C@@]4(C(=O)NS(=O)(=O)C4(C)CC4)NC3=O)cc(-c3cc(C(F)(F)F)nn3C)nc2c1C. The Balaban J connectivity index is 1.28. The fourth-order valence-electron chi connectivity index (χ4n) is 6.24. The van der Waals surface area contributed by atoms with Crippen LogP contribution in [0.2, 0.25) is 0 Å². The minimum absolute atomic E-state index is 0.0659. The Kier molecular flexibility index (Phi) is 10.0. The van der Waals surface area contributed by atoms with Crippen molar-refractivity contribution in [2.45, 2.75) is 81.3 Å². The van der Waals surface area contributed by atoms with Crippen molar-refractivity contribution in [2.24, 2.45) is 18.0 Å². The number of sulfonamides is 1. The number of aliphatic imine (C=N–C) groups is 1. The highest BCUT2D eigenvalue weighted by Crippen LogP contribution is 2.47. The number of alkyl halides is 3. The molecule has 4 amide bonds. The minimum Gasteiger partial charge on any atom is -0.496 e. The van der Waals surface area contributed by atoms with Crippen LogP contribution in [0.5, 0.6) is 11.5 Å². The average molecular weight is 760 g/mol. The molecule has 3 heterocycles. The number of urea groups is 1. The van der Waals surface area contributed by atoms with Gasteiger partial charge in [-0.1, -0.05) is 12.2 Å². The van der Waals surface area contributed by atoms with Crippen LogP contribution in [-0.4, -0.2) is 77.3 Å². The molecule has 14 nitrogen and oxygen atoms in total. The number of allylic oxidation sites excluding steroid dienone is 1. The van der Waals surface area contributed by atoms with Crippen molar-refractivity contribution in [3.05, 3.63) is 47.7 Å². The van der Waals surface area contributed by atoms with E-state index >= 15 is 0 Å². The zero-order valence-electron chi connectivity index (χ0n) is 29.5. The highest BCUT2D eigenvalue weighted by atomic mass is 32.2. The number of pyridine rings is 1. The standard InChI is InChI=1S/C35H40F3N7O7S/c1-20-26(51-4)11-10-22-27(17-24(40-29(20)22)25-18-28(35(36,37)38)43-45(25)3)52-16-12-23-30(46)42-34(31(47)44-53(49,50)33(2)13-14-33)19-21(34)9-7-5-6-8-15-39-32(48)41-23/h7,9-11,15,17-18,21,23H,5-6,8,12-14,16,19H2,1-4H3,(H,41,48)(H,42,46)(H,44,47)/b9-7-,39-15+/t21-,23+,34-/m1/s1. The van der Waals surface area contributed by atoms with E-state index in [-0.39, 0.29) is 36.6 Å². The van der Waals surface area contributed by atoms with E-state index in [4.69, 9.17) is 9.47 Å². The fourth-order valence-corrected chi connectivity index (χ4v) is 7.56. The molecule has 3 N–H and O–H groups in total. The molecule has 0 bridgehead atoms. The number of aromatic nitrogens is 3. The van der Waals surface area contributed by atoms with Gasteiger partial charge in [0.25, 0.3) is 5.91 Å². The van der Waals surface area contributed by atoms with Crippen molar-refractivity contribution >= 4 is 45.0 Å². The first kappa shape index (κ1) is 37.7. The molecule has 18 heteroatoms. The normalized spacial score (nSPS) is 24.2. The summed E-state index contributed by atoms with van der Waals surface area (Å²) in [6, 6.07) is 3.63. The lowest BCUT2D eigenvalue weighted by molar-refractivity contribution is -0.141. The van der Waals surface area contributed by atoms with Crippen molar-refractivity contribution in [1.82, 2.24) is 30.1 Å². The Bertz CT molecular complexity index is 2130. The zero-order chi connectivity index (χ0) is 38.3. The number of carbonyl (C=O) groups is 3. The summed E-state index contributed by atoms with van der Waals surface area (Å²) in [6.45, 7) is 3.09. The van der Waals surface area contributed by atoms with Gasteiger partial charge in [-0.25, -0.2) is 23.2 Å². The van der Waals surface area contributed by atoms with E-state index in [0.29, 0.717) is 54.3 Å². The Hall–Kier alpha value is -5.00. The third-order valence-electron chi connectivity index (χ3n) is 9.95. The van der Waals surface area contributed by atoms with Crippen molar-refractivity contribution in [3.8, 4) is 22.9 Å². The number of aryl methyl sites for hydroxylation is 2. The maximum atomic E-state index is 13.9. The number of methoxy groups -OCH3 is 1. The van der Waals surface area contributed by atoms with Crippen LogP contribution in [0.4, 0.5) is 18.0 Å². The largest absolute Gasteiger partial charge is 0.496 e. The number of ether oxygens (including phenoxy) is 2. The fraction of sp³-hybridized carbons (Fsp3) is 0.486. The van der Waals surface area contributed by atoms with Crippen LogP contribution in [0.1, 0.15) is 63.1 Å². The second-order valence-corrected chi connectivity index (χ2v) is 16.0. The van der Waals surface area contributed by atoms with Crippen molar-refractivity contribution in [1.29, 1.82) is 0 Å². The predicted octanol–water partition coefficient (Wildman–Crippen LogP) is 4.50. The van der Waals surface area contributed by atoms with Crippen LogP contribution in [-0.2, 0) is 32.8 Å². The summed E-state index contributed by atoms with van der Waals surface area (Å²) in [5, 5.41) is 9.39. The van der Waals surface area contributed by atoms with Crippen LogP contribution in [0.25, 0.3) is 22.3 Å². The van der Waals surface area contributed by atoms with Crippen LogP contribution >= 0.6 is 0 Å². The van der Waals surface area contributed by atoms with Gasteiger partial charge >= 0.3 is 12.2 Å². The lowest BCUT2D eigenvalue weighted by Crippen LogP contribution is -2.57. The maximum absolute atomic E-state index is 13.9. The van der Waals surface area contributed by atoms with Gasteiger partial charge in [-0.15, -0.1) is 0 Å². The molecule has 3 aliphatic rings. The highest BCUT2D eigenvalue weighted by molar-refractivity contribution is 7.91. The summed E-state index contributed by atoms with van der Waals surface area (Å²) in [6.07, 6.45) is 2.99. The molecule has 1 aromatic carbocycles. The van der Waals surface area contributed by atoms with Gasteiger partial charge in [-0.2, -0.15) is 18.3 Å². The third-order valence-corrected chi connectivity index (χ3v) is 12.1. The summed E-state index contributed by atoms with van der Waals surface area (Å²) >= 11 is 0. The van der Waals surface area contributed by atoms with Gasteiger partial charge in [-0.3, -0.25) is 19.0 Å². The number of carbonyl (C=O) groups excluding carboxylic acids is 3. The molecular weight excluding hydrogens is 719 g/mol. The third kappa shape index (κ3) is 7.72. The van der Waals surface area contributed by atoms with Crippen LogP contribution in [0.3, 0.4) is 0 Å². The van der Waals surface area contributed by atoms with Crippen molar-refractivity contribution in [3.63, 3.8) is 0 Å². The molecule has 0 radical (unpaired) electrons. The maximum Gasteiger partial charge on any atom is 0.435 e. The van der Waals surface area contributed by atoms with Crippen molar-refractivity contribution in [2.75, 3.05) is 13.7 Å². The number of rotatable bonds is 9. The first-order valence-corrected chi connectivity index (χ1v) is 18.6. The van der Waals surface area contributed by atoms with Crippen LogP contribution in [0.15, 0.2) is 41.4 Å². The van der Waals surface area contributed by atoms with E-state index in [2.05, 4.69) is 30.4 Å². The molecule has 2 fully saturated rings. The van der Waals surface area contributed by atoms with E-state index in [0.717, 1.165) is 10.7 Å². The predicted molar refractivity (Wildman–Crippen MR) is 188 cm³/mol. The number of halogens is 3. The Morgan fingerprint density at radius 2 is 1.91 bits per heavy atom.